The van der Waals surface area contributed by atoms with Gasteiger partial charge in [-0.25, -0.2) is 19.9 Å². The van der Waals surface area contributed by atoms with Gasteiger partial charge in [-0.05, 0) is 28.9 Å². The number of alkyl halides is 3. The van der Waals surface area contributed by atoms with Gasteiger partial charge in [0.25, 0.3) is 0 Å². The zero-order valence-corrected chi connectivity index (χ0v) is 19.1. The molecule has 14 heteroatoms. The van der Waals surface area contributed by atoms with Crippen molar-refractivity contribution in [2.24, 2.45) is 0 Å². The fraction of sp³-hybridized carbons (Fsp3) is 0.300. The minimum absolute atomic E-state index is 0.0537. The summed E-state index contributed by atoms with van der Waals surface area (Å²) in [5, 5.41) is 11.6. The van der Waals surface area contributed by atoms with Gasteiger partial charge in [-0.2, -0.15) is 13.2 Å². The van der Waals surface area contributed by atoms with E-state index in [1.807, 2.05) is 11.4 Å². The van der Waals surface area contributed by atoms with Crippen molar-refractivity contribution in [3.8, 4) is 11.4 Å². The van der Waals surface area contributed by atoms with Crippen molar-refractivity contribution in [3.63, 3.8) is 0 Å². The molecule has 0 aliphatic carbocycles. The highest BCUT2D eigenvalue weighted by Crippen LogP contribution is 2.29. The summed E-state index contributed by atoms with van der Waals surface area (Å²) < 4.78 is 39.9. The number of amides is 1. The molecule has 10 nitrogen and oxygen atoms in total. The molecule has 0 radical (unpaired) electrons. The number of hydrogen-bond acceptors (Lipinski definition) is 6. The van der Waals surface area contributed by atoms with E-state index in [4.69, 9.17) is 5.11 Å². The topological polar surface area (TPSA) is 139 Å². The standard InChI is InChI=1S/C20H17BrF3N7O3/c1-9(19(34)28-8-20(22,23)24)31-14(2-3-15(32)33)29-13-7-27-17(30-18(13)31)12-6-26-16-11(12)4-10(21)5-25-16/h4-7,9H,2-3,8H2,1H3,(H,25,26)(H,28,34)(H,32,33). The Bertz CT molecular complexity index is 1400. The third-order valence-corrected chi connectivity index (χ3v) is 5.47. The number of carbonyl (C=O) groups excluding carboxylic acids is 1. The number of aromatic nitrogens is 6. The molecule has 4 aromatic heterocycles. The van der Waals surface area contributed by atoms with Gasteiger partial charge >= 0.3 is 12.1 Å². The molecule has 0 aliphatic heterocycles. The number of aryl methyl sites for hydroxylation is 1. The third-order valence-electron chi connectivity index (χ3n) is 5.04. The average Bonchev–Trinajstić information content (AvgIpc) is 3.35. The molecule has 0 saturated heterocycles. The molecule has 0 aromatic carbocycles. The van der Waals surface area contributed by atoms with Gasteiger partial charge in [0.15, 0.2) is 11.5 Å². The number of nitrogens with one attached hydrogen (secondary N) is 2. The molecule has 1 atom stereocenters. The van der Waals surface area contributed by atoms with Crippen LogP contribution in [0.4, 0.5) is 13.2 Å². The summed E-state index contributed by atoms with van der Waals surface area (Å²) in [7, 11) is 0. The van der Waals surface area contributed by atoms with Crippen LogP contribution in [0, 0.1) is 0 Å². The van der Waals surface area contributed by atoms with Crippen molar-refractivity contribution < 1.29 is 27.9 Å². The van der Waals surface area contributed by atoms with Crippen molar-refractivity contribution in [1.82, 2.24) is 34.8 Å². The lowest BCUT2D eigenvalue weighted by Crippen LogP contribution is -2.38. The second-order valence-corrected chi connectivity index (χ2v) is 8.37. The maximum Gasteiger partial charge on any atom is 0.405 e. The minimum Gasteiger partial charge on any atom is -0.481 e. The maximum atomic E-state index is 12.6. The first-order valence-corrected chi connectivity index (χ1v) is 10.8. The van der Waals surface area contributed by atoms with E-state index in [2.05, 4.69) is 40.8 Å². The number of carboxylic acid groups (broad SMARTS) is 1. The van der Waals surface area contributed by atoms with E-state index in [1.54, 1.807) is 12.4 Å². The van der Waals surface area contributed by atoms with Crippen molar-refractivity contribution in [3.05, 3.63) is 35.0 Å². The Balaban J connectivity index is 1.80. The van der Waals surface area contributed by atoms with E-state index in [0.717, 1.165) is 9.86 Å². The molecule has 0 aliphatic rings. The molecular weight excluding hydrogens is 523 g/mol. The number of carbonyl (C=O) groups is 2. The van der Waals surface area contributed by atoms with Gasteiger partial charge in [0.2, 0.25) is 5.91 Å². The molecule has 34 heavy (non-hydrogen) atoms. The first-order chi connectivity index (χ1) is 16.0. The van der Waals surface area contributed by atoms with E-state index < -0.39 is 30.6 Å². The van der Waals surface area contributed by atoms with Crippen molar-refractivity contribution >= 4 is 50.0 Å². The Morgan fingerprint density at radius 1 is 1.26 bits per heavy atom. The highest BCUT2D eigenvalue weighted by Gasteiger charge is 2.30. The van der Waals surface area contributed by atoms with E-state index in [1.165, 1.54) is 17.7 Å². The molecule has 1 amide bonds. The average molecular weight is 540 g/mol. The normalized spacial score (nSPS) is 12.9. The predicted molar refractivity (Wildman–Crippen MR) is 118 cm³/mol. The number of nitrogens with zero attached hydrogens (tertiary/aromatic N) is 5. The number of H-pyrrole nitrogens is 1. The Kier molecular flexibility index (Phi) is 6.25. The van der Waals surface area contributed by atoms with Gasteiger partial charge in [0, 0.05) is 34.2 Å². The number of carboxylic acids is 1. The molecule has 0 saturated carbocycles. The lowest BCUT2D eigenvalue weighted by molar-refractivity contribution is -0.140. The summed E-state index contributed by atoms with van der Waals surface area (Å²) in [5.41, 5.74) is 1.67. The summed E-state index contributed by atoms with van der Waals surface area (Å²) in [4.78, 5) is 44.1. The molecular formula is C20H17BrF3N7O3. The number of aliphatic carboxylic acids is 1. The SMILES string of the molecule is CC(C(=O)NCC(F)(F)F)n1c(CCC(=O)O)nc2cnc(-c3c[nH]c4ncc(Br)cc34)nc21. The first-order valence-electron chi connectivity index (χ1n) is 9.96. The van der Waals surface area contributed by atoms with Crippen LogP contribution in [0.15, 0.2) is 29.1 Å². The maximum absolute atomic E-state index is 12.6. The van der Waals surface area contributed by atoms with Crippen LogP contribution in [-0.4, -0.2) is 59.2 Å². The van der Waals surface area contributed by atoms with Gasteiger partial charge in [-0.3, -0.25) is 9.59 Å². The van der Waals surface area contributed by atoms with Crippen LogP contribution in [0.5, 0.6) is 0 Å². The minimum atomic E-state index is -4.58. The zero-order valence-electron chi connectivity index (χ0n) is 17.5. The van der Waals surface area contributed by atoms with Gasteiger partial charge in [-0.1, -0.05) is 0 Å². The molecule has 0 bridgehead atoms. The quantitative estimate of drug-likeness (QED) is 0.327. The Morgan fingerprint density at radius 2 is 2.03 bits per heavy atom. The third kappa shape index (κ3) is 4.85. The van der Waals surface area contributed by atoms with Crippen LogP contribution < -0.4 is 5.32 Å². The molecule has 0 spiro atoms. The second-order valence-electron chi connectivity index (χ2n) is 7.46. The van der Waals surface area contributed by atoms with Gasteiger partial charge in [0.1, 0.15) is 29.6 Å². The van der Waals surface area contributed by atoms with Crippen LogP contribution in [0.3, 0.4) is 0 Å². The first kappa shape index (κ1) is 23.6. The predicted octanol–water partition coefficient (Wildman–Crippen LogP) is 3.39. The lowest BCUT2D eigenvalue weighted by Gasteiger charge is -2.17. The van der Waals surface area contributed by atoms with Crippen LogP contribution >= 0.6 is 15.9 Å². The summed E-state index contributed by atoms with van der Waals surface area (Å²) in [6.45, 7) is -0.101. The number of aromatic amines is 1. The van der Waals surface area contributed by atoms with E-state index in [-0.39, 0.29) is 35.7 Å². The molecule has 178 valence electrons. The molecule has 4 heterocycles. The molecule has 4 rings (SSSR count). The van der Waals surface area contributed by atoms with E-state index in [9.17, 15) is 22.8 Å². The molecule has 0 fully saturated rings. The van der Waals surface area contributed by atoms with Gasteiger partial charge in [0.05, 0.1) is 12.6 Å². The number of pyridine rings is 1. The summed E-state index contributed by atoms with van der Waals surface area (Å²) >= 11 is 3.37. The number of halogens is 4. The monoisotopic (exact) mass is 539 g/mol. The van der Waals surface area contributed by atoms with Crippen LogP contribution in [-0.2, 0) is 16.0 Å². The Labute approximate surface area is 197 Å². The number of imidazole rings is 1. The zero-order chi connectivity index (χ0) is 24.6. The summed E-state index contributed by atoms with van der Waals surface area (Å²) in [6, 6.07) is 0.683. The largest absolute Gasteiger partial charge is 0.481 e. The van der Waals surface area contributed by atoms with Gasteiger partial charge < -0.3 is 20.0 Å². The lowest BCUT2D eigenvalue weighted by atomic mass is 10.2. The molecule has 1 unspecified atom stereocenters. The Morgan fingerprint density at radius 3 is 2.74 bits per heavy atom. The van der Waals surface area contributed by atoms with Crippen LogP contribution in [0.1, 0.15) is 25.2 Å². The summed E-state index contributed by atoms with van der Waals surface area (Å²) in [6.07, 6.45) is -0.215. The smallest absolute Gasteiger partial charge is 0.405 e. The van der Waals surface area contributed by atoms with E-state index >= 15 is 0 Å². The highest BCUT2D eigenvalue weighted by atomic mass is 79.9. The molecule has 3 N–H and O–H groups in total. The van der Waals surface area contributed by atoms with E-state index in [0.29, 0.717) is 11.2 Å². The van der Waals surface area contributed by atoms with Crippen molar-refractivity contribution in [2.45, 2.75) is 32.0 Å². The van der Waals surface area contributed by atoms with Gasteiger partial charge in [-0.15, -0.1) is 0 Å². The number of hydrogen-bond donors (Lipinski definition) is 3. The summed E-state index contributed by atoms with van der Waals surface area (Å²) in [5.74, 6) is -1.53. The van der Waals surface area contributed by atoms with Crippen molar-refractivity contribution in [2.75, 3.05) is 6.54 Å². The van der Waals surface area contributed by atoms with Crippen LogP contribution in [0.2, 0.25) is 0 Å². The fourth-order valence-electron chi connectivity index (χ4n) is 3.48. The second kappa shape index (κ2) is 9.00. The molecule has 4 aromatic rings. The van der Waals surface area contributed by atoms with Crippen molar-refractivity contribution in [1.29, 1.82) is 0 Å². The highest BCUT2D eigenvalue weighted by molar-refractivity contribution is 9.10. The fourth-order valence-corrected chi connectivity index (χ4v) is 3.82. The number of fused-ring (bicyclic) bond motifs is 2. The van der Waals surface area contributed by atoms with Crippen LogP contribution in [0.25, 0.3) is 33.6 Å². The Hall–Kier alpha value is -3.55. The number of rotatable bonds is 7.